The smallest absolute Gasteiger partial charge is 0.231 e. The van der Waals surface area contributed by atoms with E-state index >= 15 is 0 Å². The number of amides is 2. The molecule has 1 saturated heterocycles. The summed E-state index contributed by atoms with van der Waals surface area (Å²) in [4.78, 5) is 21.8. The van der Waals surface area contributed by atoms with Crippen molar-refractivity contribution in [3.63, 3.8) is 0 Å². The van der Waals surface area contributed by atoms with Gasteiger partial charge < -0.3 is 0 Å². The Balaban J connectivity index is 2.49. The van der Waals surface area contributed by atoms with Gasteiger partial charge in [0.25, 0.3) is 0 Å². The average Bonchev–Trinajstić information content (AvgIpc) is 1.61. The molecule has 8 heavy (non-hydrogen) atoms. The van der Waals surface area contributed by atoms with Gasteiger partial charge in [0.05, 0.1) is 13.0 Å². The van der Waals surface area contributed by atoms with Crippen LogP contribution in [-0.4, -0.2) is 16.7 Å². The van der Waals surface area contributed by atoms with Crippen molar-refractivity contribution in [1.29, 1.82) is 0 Å². The van der Waals surface area contributed by atoms with Gasteiger partial charge in [-0.15, -0.1) is 0 Å². The summed E-state index contributed by atoms with van der Waals surface area (Å²) in [5, 5.41) is 0. The Labute approximate surface area is 47.3 Å². The largest absolute Gasteiger partial charge is 0.277 e. The minimum absolute atomic E-state index is 0.0995. The summed E-state index contributed by atoms with van der Waals surface area (Å²) in [7, 11) is 0. The molecular weight excluding hydrogens is 106 g/mol. The van der Waals surface area contributed by atoms with E-state index in [0.717, 1.165) is 4.90 Å². The van der Waals surface area contributed by atoms with Gasteiger partial charge in [0.1, 0.15) is 0 Å². The van der Waals surface area contributed by atoms with Crippen molar-refractivity contribution in [2.45, 2.75) is 13.3 Å². The molecule has 1 aliphatic heterocycles. The van der Waals surface area contributed by atoms with Crippen molar-refractivity contribution in [2.75, 3.05) is 0 Å². The van der Waals surface area contributed by atoms with Gasteiger partial charge in [0.15, 0.2) is 0 Å². The van der Waals surface area contributed by atoms with Gasteiger partial charge in [-0.2, -0.15) is 0 Å². The number of imide groups is 1. The molecule has 0 saturated carbocycles. The van der Waals surface area contributed by atoms with Gasteiger partial charge in [-0.05, 0) is 0 Å². The number of carbonyl (C=O) groups excluding carboxylic acids is 2. The third-order valence-electron chi connectivity index (χ3n) is 1.06. The Morgan fingerprint density at radius 2 is 2.50 bits per heavy atom. The van der Waals surface area contributed by atoms with Crippen LogP contribution in [0.1, 0.15) is 13.3 Å². The molecule has 1 rings (SSSR count). The standard InChI is InChI=1S/C5H6NO2/c1-4(7)6-3-2-5(6)8/h3H,2H2,1H3. The molecule has 0 bridgehead atoms. The van der Waals surface area contributed by atoms with E-state index in [9.17, 15) is 9.59 Å². The normalized spacial score (nSPS) is 18.1. The van der Waals surface area contributed by atoms with Crippen LogP contribution < -0.4 is 0 Å². The molecule has 1 heterocycles. The van der Waals surface area contributed by atoms with E-state index in [4.69, 9.17) is 0 Å². The number of rotatable bonds is 0. The summed E-state index contributed by atoms with van der Waals surface area (Å²) in [5.74, 6) is -0.293. The molecule has 43 valence electrons. The molecule has 1 aliphatic rings. The molecule has 0 atom stereocenters. The maximum absolute atomic E-state index is 10.3. The van der Waals surface area contributed by atoms with Crippen molar-refractivity contribution in [3.05, 3.63) is 6.54 Å². The number of β-lactam (4-membered cyclic amide) rings is 1. The Morgan fingerprint density at radius 3 is 2.50 bits per heavy atom. The first kappa shape index (κ1) is 5.28. The highest BCUT2D eigenvalue weighted by Crippen LogP contribution is 2.12. The summed E-state index contributed by atoms with van der Waals surface area (Å²) in [6.07, 6.45) is 0.416. The Kier molecular flexibility index (Phi) is 1.04. The van der Waals surface area contributed by atoms with Gasteiger partial charge in [-0.25, -0.2) is 0 Å². The van der Waals surface area contributed by atoms with Gasteiger partial charge in [0.2, 0.25) is 11.8 Å². The monoisotopic (exact) mass is 112 g/mol. The van der Waals surface area contributed by atoms with E-state index in [1.54, 1.807) is 6.54 Å². The zero-order valence-electron chi connectivity index (χ0n) is 4.55. The van der Waals surface area contributed by atoms with E-state index in [2.05, 4.69) is 0 Å². The quantitative estimate of drug-likeness (QED) is 0.411. The summed E-state index contributed by atoms with van der Waals surface area (Å²) in [6, 6.07) is 0. The molecule has 1 radical (unpaired) electrons. The van der Waals surface area contributed by atoms with Crippen molar-refractivity contribution in [2.24, 2.45) is 0 Å². The molecule has 3 nitrogen and oxygen atoms in total. The predicted molar refractivity (Wildman–Crippen MR) is 26.4 cm³/mol. The van der Waals surface area contributed by atoms with E-state index in [-0.39, 0.29) is 11.8 Å². The summed E-state index contributed by atoms with van der Waals surface area (Å²) < 4.78 is 0. The molecule has 3 heteroatoms. The van der Waals surface area contributed by atoms with Crippen LogP contribution in [0.5, 0.6) is 0 Å². The zero-order chi connectivity index (χ0) is 6.15. The van der Waals surface area contributed by atoms with Crippen LogP contribution in [0.15, 0.2) is 0 Å². The van der Waals surface area contributed by atoms with Crippen LogP contribution in [-0.2, 0) is 9.59 Å². The Hall–Kier alpha value is -0.860. The molecule has 0 aliphatic carbocycles. The molecule has 0 aromatic rings. The average molecular weight is 112 g/mol. The first-order valence-electron chi connectivity index (χ1n) is 2.38. The van der Waals surface area contributed by atoms with E-state index in [1.807, 2.05) is 0 Å². The second-order valence-electron chi connectivity index (χ2n) is 1.67. The minimum Gasteiger partial charge on any atom is -0.277 e. The minimum atomic E-state index is -0.193. The maximum Gasteiger partial charge on any atom is 0.231 e. The fourth-order valence-corrected chi connectivity index (χ4v) is 0.561. The molecule has 0 N–H and O–H groups in total. The number of nitrogens with zero attached hydrogens (tertiary/aromatic N) is 1. The Bertz CT molecular complexity index is 133. The van der Waals surface area contributed by atoms with Crippen LogP contribution in [0.4, 0.5) is 0 Å². The molecule has 0 aromatic carbocycles. The van der Waals surface area contributed by atoms with Gasteiger partial charge in [-0.3, -0.25) is 14.5 Å². The third-order valence-corrected chi connectivity index (χ3v) is 1.06. The van der Waals surface area contributed by atoms with Crippen LogP contribution in [0.25, 0.3) is 0 Å². The van der Waals surface area contributed by atoms with Crippen molar-refractivity contribution in [1.82, 2.24) is 4.90 Å². The summed E-state index contributed by atoms with van der Waals surface area (Å²) in [5.41, 5.74) is 0. The van der Waals surface area contributed by atoms with E-state index in [1.165, 1.54) is 6.92 Å². The van der Waals surface area contributed by atoms with Crippen LogP contribution in [0.3, 0.4) is 0 Å². The molecule has 0 unspecified atom stereocenters. The maximum atomic E-state index is 10.3. The van der Waals surface area contributed by atoms with Gasteiger partial charge in [0, 0.05) is 6.92 Å². The highest BCUT2D eigenvalue weighted by atomic mass is 16.2. The fraction of sp³-hybridized carbons (Fsp3) is 0.400. The molecule has 0 aromatic heterocycles. The van der Waals surface area contributed by atoms with Crippen molar-refractivity contribution in [3.8, 4) is 0 Å². The lowest BCUT2D eigenvalue weighted by molar-refractivity contribution is -0.147. The van der Waals surface area contributed by atoms with Gasteiger partial charge in [-0.1, -0.05) is 0 Å². The fourth-order valence-electron chi connectivity index (χ4n) is 0.561. The first-order chi connectivity index (χ1) is 3.72. The lowest BCUT2D eigenvalue weighted by Crippen LogP contribution is -2.41. The second-order valence-corrected chi connectivity index (χ2v) is 1.67. The van der Waals surface area contributed by atoms with Crippen LogP contribution >= 0.6 is 0 Å². The Morgan fingerprint density at radius 1 is 1.88 bits per heavy atom. The topological polar surface area (TPSA) is 37.4 Å². The van der Waals surface area contributed by atoms with Crippen molar-refractivity contribution >= 4 is 11.8 Å². The van der Waals surface area contributed by atoms with E-state index in [0.29, 0.717) is 6.42 Å². The lowest BCUT2D eigenvalue weighted by Gasteiger charge is -2.25. The molecule has 2 amide bonds. The summed E-state index contributed by atoms with van der Waals surface area (Å²) in [6.45, 7) is 2.94. The van der Waals surface area contributed by atoms with Gasteiger partial charge >= 0.3 is 0 Å². The predicted octanol–water partition coefficient (Wildman–Crippen LogP) is -0.0730. The number of hydrogen-bond acceptors (Lipinski definition) is 2. The van der Waals surface area contributed by atoms with Crippen LogP contribution in [0.2, 0.25) is 0 Å². The molecule has 1 fully saturated rings. The number of hydrogen-bond donors (Lipinski definition) is 0. The zero-order valence-corrected chi connectivity index (χ0v) is 4.55. The summed E-state index contributed by atoms with van der Waals surface area (Å²) >= 11 is 0. The second kappa shape index (κ2) is 1.58. The van der Waals surface area contributed by atoms with Crippen LogP contribution in [0, 0.1) is 6.54 Å². The SMILES string of the molecule is CC(=O)N1[CH]CC1=O. The highest BCUT2D eigenvalue weighted by molar-refractivity contribution is 6.00. The molecule has 0 spiro atoms. The number of likely N-dealkylation sites (tertiary alicyclic amines) is 1. The van der Waals surface area contributed by atoms with E-state index < -0.39 is 0 Å². The lowest BCUT2D eigenvalue weighted by atomic mass is 10.2. The number of carbonyl (C=O) groups is 2. The van der Waals surface area contributed by atoms with Crippen molar-refractivity contribution < 1.29 is 9.59 Å². The highest BCUT2D eigenvalue weighted by Gasteiger charge is 2.27. The third kappa shape index (κ3) is 0.598. The molecular formula is C5H6NO2. The first-order valence-corrected chi connectivity index (χ1v) is 2.38.